The van der Waals surface area contributed by atoms with Crippen LogP contribution in [0.3, 0.4) is 0 Å². The Morgan fingerprint density at radius 3 is 2.22 bits per heavy atom. The Morgan fingerprint density at radius 2 is 1.63 bits per heavy atom. The normalized spacial score (nSPS) is 22.5. The van der Waals surface area contributed by atoms with Crippen molar-refractivity contribution in [3.63, 3.8) is 0 Å². The summed E-state index contributed by atoms with van der Waals surface area (Å²) in [6.45, 7) is 22.3. The maximum Gasteiger partial charge on any atom is 0.315 e. The number of fused-ring (bicyclic) bond motifs is 2. The molecule has 1 aromatic carbocycles. The van der Waals surface area contributed by atoms with Crippen LogP contribution in [0.25, 0.3) is 0 Å². The van der Waals surface area contributed by atoms with E-state index < -0.39 is 64.5 Å². The van der Waals surface area contributed by atoms with Crippen molar-refractivity contribution >= 4 is 35.4 Å². The number of Topliss-reactive ketones (excluding diaryl/α,β-unsaturated/α-hetero) is 1. The number of benzene rings is 1. The van der Waals surface area contributed by atoms with Crippen LogP contribution in [0.5, 0.6) is 0 Å². The van der Waals surface area contributed by atoms with Crippen LogP contribution in [0.4, 0.5) is 4.79 Å². The first-order chi connectivity index (χ1) is 23.7. The van der Waals surface area contributed by atoms with Gasteiger partial charge in [-0.25, -0.2) is 4.79 Å². The molecule has 2 unspecified atom stereocenters. The van der Waals surface area contributed by atoms with Gasteiger partial charge in [0.05, 0.1) is 18.5 Å². The van der Waals surface area contributed by atoms with Crippen LogP contribution in [0.15, 0.2) is 36.9 Å². The molecule has 0 aromatic heterocycles. The van der Waals surface area contributed by atoms with Crippen molar-refractivity contribution in [3.05, 3.63) is 48.0 Å². The van der Waals surface area contributed by atoms with E-state index in [0.29, 0.717) is 32.5 Å². The largest absolute Gasteiger partial charge is 0.346 e. The molecule has 12 nitrogen and oxygen atoms in total. The molecular weight excluding hydrogens is 648 g/mol. The molecule has 1 saturated heterocycles. The molecule has 0 spiro atoms. The number of nitrogens with one attached hydrogen (secondary N) is 4. The molecule has 4 rings (SSSR count). The Balaban J connectivity index is 1.51. The van der Waals surface area contributed by atoms with Gasteiger partial charge in [-0.2, -0.15) is 0 Å². The summed E-state index contributed by atoms with van der Waals surface area (Å²) >= 11 is 0. The minimum atomic E-state index is -1.04. The number of carbonyl (C=O) groups is 6. The summed E-state index contributed by atoms with van der Waals surface area (Å²) < 4.78 is 0. The lowest BCUT2D eigenvalue weighted by molar-refractivity contribution is -0.145. The Hall–Kier alpha value is -4.22. The fourth-order valence-corrected chi connectivity index (χ4v) is 7.56. The van der Waals surface area contributed by atoms with E-state index in [0.717, 1.165) is 11.1 Å². The third kappa shape index (κ3) is 8.81. The predicted molar refractivity (Wildman–Crippen MR) is 195 cm³/mol. The summed E-state index contributed by atoms with van der Waals surface area (Å²) in [5.41, 5.74) is 0.749. The summed E-state index contributed by atoms with van der Waals surface area (Å²) in [5, 5.41) is 11.3. The Labute approximate surface area is 302 Å². The van der Waals surface area contributed by atoms with Gasteiger partial charge in [0.1, 0.15) is 12.1 Å². The molecule has 1 aromatic rings. The number of carbonyl (C=O) groups excluding carboxylic acids is 6. The zero-order chi connectivity index (χ0) is 38.1. The number of likely N-dealkylation sites (tertiary alicyclic amines) is 1. The van der Waals surface area contributed by atoms with E-state index in [-0.39, 0.29) is 36.1 Å². The highest BCUT2D eigenvalue weighted by Crippen LogP contribution is 2.65. The Bertz CT molecular complexity index is 1540. The van der Waals surface area contributed by atoms with Crippen molar-refractivity contribution in [1.29, 1.82) is 0 Å². The molecule has 2 fully saturated rings. The summed E-state index contributed by atoms with van der Waals surface area (Å²) in [4.78, 5) is 84.2. The van der Waals surface area contributed by atoms with E-state index >= 15 is 0 Å². The fourth-order valence-electron chi connectivity index (χ4n) is 7.56. The van der Waals surface area contributed by atoms with Crippen LogP contribution in [0.2, 0.25) is 0 Å². The van der Waals surface area contributed by atoms with Crippen molar-refractivity contribution in [3.8, 4) is 0 Å². The predicted octanol–water partition coefficient (Wildman–Crippen LogP) is 3.34. The number of rotatable bonds is 13. The van der Waals surface area contributed by atoms with E-state index in [2.05, 4.69) is 41.7 Å². The molecule has 4 N–H and O–H groups in total. The van der Waals surface area contributed by atoms with Gasteiger partial charge in [-0.15, -0.1) is 6.58 Å². The first-order valence-corrected chi connectivity index (χ1v) is 18.2. The molecule has 3 aliphatic rings. The number of hydrogen-bond donors (Lipinski definition) is 4. The minimum absolute atomic E-state index is 0.00647. The minimum Gasteiger partial charge on any atom is -0.346 e. The number of hydrogen-bond acceptors (Lipinski definition) is 6. The van der Waals surface area contributed by atoms with Gasteiger partial charge in [-0.1, -0.05) is 99.1 Å². The molecule has 6 amide bonds. The SMILES string of the molecule is C=CCNC(=O)C(=O)C(CCC)NC(=O)[C@@H]1[C@@H]2C(CN1C(=O)[C@@H](NC(=O)N[C@H](CN1Cc3ccccc3CC1=O)C(C)(C)C)C(C)(C)C)C2(C)C. The number of amides is 6. The van der Waals surface area contributed by atoms with E-state index in [9.17, 15) is 28.8 Å². The molecule has 2 heterocycles. The molecule has 51 heavy (non-hydrogen) atoms. The van der Waals surface area contributed by atoms with Crippen LogP contribution in [-0.4, -0.2) is 89.0 Å². The number of piperidine rings is 1. The lowest BCUT2D eigenvalue weighted by Gasteiger charge is -2.40. The third-order valence-corrected chi connectivity index (χ3v) is 10.9. The Kier molecular flexibility index (Phi) is 11.8. The number of nitrogens with zero attached hydrogens (tertiary/aromatic N) is 2. The van der Waals surface area contributed by atoms with Crippen LogP contribution >= 0.6 is 0 Å². The number of urea groups is 1. The van der Waals surface area contributed by atoms with Gasteiger partial charge in [0.25, 0.3) is 5.91 Å². The maximum absolute atomic E-state index is 14.5. The zero-order valence-corrected chi connectivity index (χ0v) is 31.9. The van der Waals surface area contributed by atoms with Crippen molar-refractivity contribution in [1.82, 2.24) is 31.1 Å². The second-order valence-electron chi connectivity index (χ2n) is 17.2. The van der Waals surface area contributed by atoms with Crippen molar-refractivity contribution in [2.24, 2.45) is 28.1 Å². The summed E-state index contributed by atoms with van der Waals surface area (Å²) in [6.07, 6.45) is 2.59. The molecule has 1 saturated carbocycles. The zero-order valence-electron chi connectivity index (χ0n) is 31.9. The topological polar surface area (TPSA) is 157 Å². The van der Waals surface area contributed by atoms with Crippen LogP contribution in [0, 0.1) is 28.1 Å². The average molecular weight is 707 g/mol. The molecule has 0 radical (unpaired) electrons. The van der Waals surface area contributed by atoms with Gasteiger partial charge in [-0.05, 0) is 45.6 Å². The van der Waals surface area contributed by atoms with E-state index in [1.54, 1.807) is 9.80 Å². The highest BCUT2D eigenvalue weighted by molar-refractivity contribution is 6.38. The second kappa shape index (κ2) is 15.2. The van der Waals surface area contributed by atoms with E-state index in [4.69, 9.17) is 0 Å². The highest BCUT2D eigenvalue weighted by Gasteiger charge is 2.70. The molecule has 0 bridgehead atoms. The van der Waals surface area contributed by atoms with Crippen molar-refractivity contribution in [2.75, 3.05) is 19.6 Å². The highest BCUT2D eigenvalue weighted by atomic mass is 16.2. The summed E-state index contributed by atoms with van der Waals surface area (Å²) in [7, 11) is 0. The van der Waals surface area contributed by atoms with Crippen LogP contribution in [0.1, 0.15) is 86.3 Å². The molecule has 12 heteroatoms. The number of ketones is 1. The molecule has 280 valence electrons. The van der Waals surface area contributed by atoms with Gasteiger partial charge >= 0.3 is 6.03 Å². The van der Waals surface area contributed by atoms with Crippen molar-refractivity contribution in [2.45, 2.75) is 112 Å². The van der Waals surface area contributed by atoms with Gasteiger partial charge < -0.3 is 31.1 Å². The van der Waals surface area contributed by atoms with Gasteiger partial charge in [-0.3, -0.25) is 24.0 Å². The quantitative estimate of drug-likeness (QED) is 0.182. The average Bonchev–Trinajstić information content (AvgIpc) is 3.35. The second-order valence-corrected chi connectivity index (χ2v) is 17.2. The lowest BCUT2D eigenvalue weighted by atomic mass is 9.84. The monoisotopic (exact) mass is 706 g/mol. The maximum atomic E-state index is 14.5. The molecular formula is C39H58N6O6. The third-order valence-electron chi connectivity index (χ3n) is 10.9. The summed E-state index contributed by atoms with van der Waals surface area (Å²) in [5.74, 6) is -2.50. The van der Waals surface area contributed by atoms with E-state index in [1.807, 2.05) is 72.7 Å². The summed E-state index contributed by atoms with van der Waals surface area (Å²) in [6, 6.07) is 3.98. The van der Waals surface area contributed by atoms with Crippen molar-refractivity contribution < 1.29 is 28.8 Å². The lowest BCUT2D eigenvalue weighted by Crippen LogP contribution is -2.63. The molecule has 2 aliphatic heterocycles. The first kappa shape index (κ1) is 39.6. The molecule has 1 aliphatic carbocycles. The molecule has 6 atom stereocenters. The van der Waals surface area contributed by atoms with E-state index in [1.165, 1.54) is 6.08 Å². The smallest absolute Gasteiger partial charge is 0.315 e. The van der Waals surface area contributed by atoms with Gasteiger partial charge in [0.15, 0.2) is 0 Å². The van der Waals surface area contributed by atoms with Gasteiger partial charge in [0, 0.05) is 26.2 Å². The van der Waals surface area contributed by atoms with Crippen LogP contribution < -0.4 is 21.3 Å². The van der Waals surface area contributed by atoms with Crippen LogP contribution in [-0.2, 0) is 36.9 Å². The standard InChI is InChI=1S/C39H58N6O6/c1-11-15-26(31(47)34(49)40-18-12-2)41-33(48)30-29-25(39(29,9)10)21-45(30)35(50)32(38(6,7)8)43-36(51)42-27(37(3,4)5)22-44-20-24-17-14-13-16-23(24)19-28(44)46/h12-14,16-17,25-27,29-30,32H,2,11,15,18-22H2,1,3-10H3,(H,40,49)(H,41,48)(H2,42,43,51)/t25?,26?,27-,29+,30+,32-/m1/s1. The first-order valence-electron chi connectivity index (χ1n) is 18.2. The fraction of sp³-hybridized carbons (Fsp3) is 0.641. The Morgan fingerprint density at radius 1 is 0.980 bits per heavy atom. The van der Waals surface area contributed by atoms with Gasteiger partial charge in [0.2, 0.25) is 23.5 Å².